The fourth-order valence-electron chi connectivity index (χ4n) is 1.50. The van der Waals surface area contributed by atoms with Crippen molar-refractivity contribution in [2.75, 3.05) is 6.61 Å². The molecule has 4 nitrogen and oxygen atoms in total. The van der Waals surface area contributed by atoms with Crippen LogP contribution in [-0.4, -0.2) is 24.5 Å². The van der Waals surface area contributed by atoms with Gasteiger partial charge < -0.3 is 10.1 Å². The van der Waals surface area contributed by atoms with Crippen LogP contribution in [0.4, 0.5) is 0 Å². The zero-order valence-electron chi connectivity index (χ0n) is 11.9. The highest BCUT2D eigenvalue weighted by Gasteiger charge is 2.11. The van der Waals surface area contributed by atoms with Crippen molar-refractivity contribution in [3.8, 4) is 0 Å². The summed E-state index contributed by atoms with van der Waals surface area (Å²) < 4.78 is 4.98. The summed E-state index contributed by atoms with van der Waals surface area (Å²) in [5.41, 5.74) is 2.61. The highest BCUT2D eigenvalue weighted by Crippen LogP contribution is 2.10. The smallest absolute Gasteiger partial charge is 0.338 e. The monoisotopic (exact) mass is 263 g/mol. The molecule has 0 spiro atoms. The Morgan fingerprint density at radius 1 is 1.26 bits per heavy atom. The van der Waals surface area contributed by atoms with E-state index in [-0.39, 0.29) is 18.6 Å². The van der Waals surface area contributed by atoms with Crippen LogP contribution in [-0.2, 0) is 9.53 Å². The summed E-state index contributed by atoms with van der Waals surface area (Å²) in [6, 6.07) is 5.43. The summed E-state index contributed by atoms with van der Waals surface area (Å²) in [4.78, 5) is 23.2. The van der Waals surface area contributed by atoms with Crippen molar-refractivity contribution in [2.45, 2.75) is 40.2 Å². The molecule has 0 aliphatic rings. The Bertz CT molecular complexity index is 468. The summed E-state index contributed by atoms with van der Waals surface area (Å²) >= 11 is 0. The van der Waals surface area contributed by atoms with Gasteiger partial charge in [0.05, 0.1) is 5.56 Å². The van der Waals surface area contributed by atoms with E-state index >= 15 is 0 Å². The summed E-state index contributed by atoms with van der Waals surface area (Å²) in [6.45, 7) is 7.55. The van der Waals surface area contributed by atoms with Gasteiger partial charge in [-0.1, -0.05) is 13.0 Å². The number of carbonyl (C=O) groups is 2. The second kappa shape index (κ2) is 6.92. The van der Waals surface area contributed by atoms with Crippen molar-refractivity contribution in [1.29, 1.82) is 0 Å². The lowest BCUT2D eigenvalue weighted by Crippen LogP contribution is -2.35. The molecule has 1 atom stereocenters. The standard InChI is InChI=1S/C15H21NO3/c1-5-12(4)16-14(17)9-19-15(18)13-7-6-10(2)11(3)8-13/h6-8,12H,5,9H2,1-4H3,(H,16,17)/t12-/m1/s1. The molecular formula is C15H21NO3. The number of rotatable bonds is 5. The van der Waals surface area contributed by atoms with Gasteiger partial charge in [0.2, 0.25) is 0 Å². The van der Waals surface area contributed by atoms with Gasteiger partial charge in [0.25, 0.3) is 5.91 Å². The highest BCUT2D eigenvalue weighted by atomic mass is 16.5. The van der Waals surface area contributed by atoms with Crippen LogP contribution in [0, 0.1) is 13.8 Å². The van der Waals surface area contributed by atoms with Crippen molar-refractivity contribution in [2.24, 2.45) is 0 Å². The number of aryl methyl sites for hydroxylation is 2. The minimum Gasteiger partial charge on any atom is -0.452 e. The van der Waals surface area contributed by atoms with Crippen molar-refractivity contribution >= 4 is 11.9 Å². The number of carbonyl (C=O) groups excluding carboxylic acids is 2. The van der Waals surface area contributed by atoms with Crippen LogP contribution >= 0.6 is 0 Å². The number of hydrogen-bond donors (Lipinski definition) is 1. The number of ether oxygens (including phenoxy) is 1. The van der Waals surface area contributed by atoms with Crippen LogP contribution in [0.3, 0.4) is 0 Å². The molecule has 1 N–H and O–H groups in total. The van der Waals surface area contributed by atoms with Crippen LogP contribution in [0.15, 0.2) is 18.2 Å². The van der Waals surface area contributed by atoms with Crippen molar-refractivity contribution in [1.82, 2.24) is 5.32 Å². The van der Waals surface area contributed by atoms with E-state index in [1.54, 1.807) is 12.1 Å². The Labute approximate surface area is 114 Å². The molecule has 0 aliphatic heterocycles. The first kappa shape index (κ1) is 15.2. The van der Waals surface area contributed by atoms with Crippen LogP contribution < -0.4 is 5.32 Å². The molecule has 0 bridgehead atoms. The first-order valence-corrected chi connectivity index (χ1v) is 6.47. The second-order valence-corrected chi connectivity index (χ2v) is 4.75. The summed E-state index contributed by atoms with van der Waals surface area (Å²) in [6.07, 6.45) is 0.844. The third-order valence-corrected chi connectivity index (χ3v) is 3.10. The molecule has 0 aromatic heterocycles. The SMILES string of the molecule is CC[C@@H](C)NC(=O)COC(=O)c1ccc(C)c(C)c1. The first-order valence-electron chi connectivity index (χ1n) is 6.47. The topological polar surface area (TPSA) is 55.4 Å². The fraction of sp³-hybridized carbons (Fsp3) is 0.467. The minimum absolute atomic E-state index is 0.0906. The molecule has 4 heteroatoms. The lowest BCUT2D eigenvalue weighted by Gasteiger charge is -2.11. The van der Waals surface area contributed by atoms with Gasteiger partial charge in [-0.2, -0.15) is 0 Å². The Morgan fingerprint density at radius 3 is 2.53 bits per heavy atom. The van der Waals surface area contributed by atoms with Crippen LogP contribution in [0.5, 0.6) is 0 Å². The summed E-state index contributed by atoms with van der Waals surface area (Å²) in [5, 5.41) is 2.74. The largest absolute Gasteiger partial charge is 0.452 e. The molecule has 1 aromatic rings. The molecule has 104 valence electrons. The van der Waals surface area contributed by atoms with E-state index in [4.69, 9.17) is 4.74 Å². The molecule has 1 rings (SSSR count). The average molecular weight is 263 g/mol. The maximum absolute atomic E-state index is 11.8. The van der Waals surface area contributed by atoms with E-state index in [1.165, 1.54) is 0 Å². The van der Waals surface area contributed by atoms with Gasteiger partial charge in [-0.25, -0.2) is 4.79 Å². The zero-order valence-corrected chi connectivity index (χ0v) is 11.9. The number of nitrogens with one attached hydrogen (secondary N) is 1. The zero-order chi connectivity index (χ0) is 14.4. The van der Waals surface area contributed by atoms with Gasteiger partial charge >= 0.3 is 5.97 Å². The van der Waals surface area contributed by atoms with Gasteiger partial charge in [-0.3, -0.25) is 4.79 Å². The normalized spacial score (nSPS) is 11.8. The Hall–Kier alpha value is -1.84. The van der Waals surface area contributed by atoms with Gasteiger partial charge in [-0.15, -0.1) is 0 Å². The number of benzene rings is 1. The predicted molar refractivity (Wildman–Crippen MR) is 74.1 cm³/mol. The number of hydrogen-bond acceptors (Lipinski definition) is 3. The van der Waals surface area contributed by atoms with Gasteiger partial charge in [0.1, 0.15) is 0 Å². The van der Waals surface area contributed by atoms with Crippen molar-refractivity contribution in [3.05, 3.63) is 34.9 Å². The van der Waals surface area contributed by atoms with E-state index in [2.05, 4.69) is 5.32 Å². The average Bonchev–Trinajstić information content (AvgIpc) is 2.39. The fourth-order valence-corrected chi connectivity index (χ4v) is 1.50. The number of esters is 1. The molecule has 0 saturated carbocycles. The first-order chi connectivity index (χ1) is 8.93. The molecular weight excluding hydrogens is 242 g/mol. The van der Waals surface area contributed by atoms with E-state index in [0.717, 1.165) is 17.5 Å². The predicted octanol–water partition coefficient (Wildman–Crippen LogP) is 2.37. The van der Waals surface area contributed by atoms with E-state index in [0.29, 0.717) is 5.56 Å². The molecule has 19 heavy (non-hydrogen) atoms. The quantitative estimate of drug-likeness (QED) is 0.830. The van der Waals surface area contributed by atoms with Gasteiger partial charge in [0, 0.05) is 6.04 Å². The Kier molecular flexibility index (Phi) is 5.55. The molecule has 0 heterocycles. The Balaban J connectivity index is 2.51. The van der Waals surface area contributed by atoms with Crippen molar-refractivity contribution in [3.63, 3.8) is 0 Å². The minimum atomic E-state index is -0.470. The van der Waals surface area contributed by atoms with Gasteiger partial charge in [0.15, 0.2) is 6.61 Å². The molecule has 1 aromatic carbocycles. The molecule has 0 radical (unpaired) electrons. The number of amides is 1. The highest BCUT2D eigenvalue weighted by molar-refractivity contribution is 5.91. The maximum Gasteiger partial charge on any atom is 0.338 e. The van der Waals surface area contributed by atoms with E-state index in [1.807, 2.05) is 33.8 Å². The summed E-state index contributed by atoms with van der Waals surface area (Å²) in [5.74, 6) is -0.742. The van der Waals surface area contributed by atoms with Gasteiger partial charge in [-0.05, 0) is 50.5 Å². The maximum atomic E-state index is 11.8. The summed E-state index contributed by atoms with van der Waals surface area (Å²) in [7, 11) is 0. The second-order valence-electron chi connectivity index (χ2n) is 4.75. The molecule has 0 aliphatic carbocycles. The van der Waals surface area contributed by atoms with Crippen LogP contribution in [0.1, 0.15) is 41.8 Å². The van der Waals surface area contributed by atoms with Crippen LogP contribution in [0.2, 0.25) is 0 Å². The molecule has 0 saturated heterocycles. The lowest BCUT2D eigenvalue weighted by atomic mass is 10.1. The third kappa shape index (κ3) is 4.73. The van der Waals surface area contributed by atoms with Crippen molar-refractivity contribution < 1.29 is 14.3 Å². The third-order valence-electron chi connectivity index (χ3n) is 3.10. The van der Waals surface area contributed by atoms with E-state index < -0.39 is 5.97 Å². The van der Waals surface area contributed by atoms with Crippen LogP contribution in [0.25, 0.3) is 0 Å². The van der Waals surface area contributed by atoms with E-state index in [9.17, 15) is 9.59 Å². The molecule has 0 unspecified atom stereocenters. The lowest BCUT2D eigenvalue weighted by molar-refractivity contribution is -0.124. The Morgan fingerprint density at radius 2 is 1.95 bits per heavy atom. The molecule has 0 fully saturated rings. The molecule has 1 amide bonds.